The van der Waals surface area contributed by atoms with Crippen LogP contribution in [0.25, 0.3) is 0 Å². The molecule has 0 aromatic heterocycles. The second kappa shape index (κ2) is 4.43. The Labute approximate surface area is 93.3 Å². The topological polar surface area (TPSA) is 46.2 Å². The van der Waals surface area contributed by atoms with Crippen molar-refractivity contribution in [3.05, 3.63) is 33.3 Å². The lowest BCUT2D eigenvalue weighted by Crippen LogP contribution is -2.24. The number of benzene rings is 1. The zero-order valence-corrected chi connectivity index (χ0v) is 10.3. The van der Waals surface area contributed by atoms with E-state index in [2.05, 4.69) is 15.9 Å². The van der Waals surface area contributed by atoms with Crippen molar-refractivity contribution >= 4 is 15.9 Å². The number of hydrogen-bond donors (Lipinski definition) is 2. The summed E-state index contributed by atoms with van der Waals surface area (Å²) in [5.41, 5.74) is 8.89. The van der Waals surface area contributed by atoms with Crippen LogP contribution in [0.1, 0.15) is 29.7 Å². The van der Waals surface area contributed by atoms with Crippen molar-refractivity contribution in [2.75, 3.05) is 0 Å². The highest BCUT2D eigenvalue weighted by Gasteiger charge is 2.16. The van der Waals surface area contributed by atoms with Gasteiger partial charge in [0.25, 0.3) is 0 Å². The Morgan fingerprint density at radius 2 is 1.79 bits per heavy atom. The maximum atomic E-state index is 9.84. The van der Waals surface area contributed by atoms with Crippen LogP contribution in [0.4, 0.5) is 0 Å². The average Bonchev–Trinajstić information content (AvgIpc) is 2.10. The van der Waals surface area contributed by atoms with E-state index in [-0.39, 0.29) is 6.04 Å². The first-order valence-corrected chi connectivity index (χ1v) is 5.43. The summed E-state index contributed by atoms with van der Waals surface area (Å²) in [7, 11) is 0. The van der Waals surface area contributed by atoms with Crippen molar-refractivity contribution < 1.29 is 5.11 Å². The first-order valence-electron chi connectivity index (χ1n) is 4.63. The lowest BCUT2D eigenvalue weighted by atomic mass is 9.99. The molecule has 0 aliphatic rings. The van der Waals surface area contributed by atoms with Crippen LogP contribution in [0.5, 0.6) is 0 Å². The van der Waals surface area contributed by atoms with E-state index >= 15 is 0 Å². The van der Waals surface area contributed by atoms with E-state index in [1.54, 1.807) is 6.92 Å². The smallest absolute Gasteiger partial charge is 0.0949 e. The molecule has 1 aromatic carbocycles. The molecule has 0 unspecified atom stereocenters. The van der Waals surface area contributed by atoms with Gasteiger partial charge in [-0.2, -0.15) is 0 Å². The minimum atomic E-state index is -0.608. The normalized spacial score (nSPS) is 15.3. The molecule has 0 fully saturated rings. The van der Waals surface area contributed by atoms with Gasteiger partial charge in [-0.25, -0.2) is 0 Å². The van der Waals surface area contributed by atoms with Crippen molar-refractivity contribution in [2.45, 2.75) is 32.9 Å². The molecule has 0 spiro atoms. The number of aliphatic hydroxyl groups excluding tert-OH is 1. The second-order valence-electron chi connectivity index (χ2n) is 3.76. The minimum Gasteiger partial charge on any atom is -0.387 e. The van der Waals surface area contributed by atoms with Gasteiger partial charge in [0, 0.05) is 10.5 Å². The Morgan fingerprint density at radius 1 is 1.29 bits per heavy atom. The Kier molecular flexibility index (Phi) is 3.70. The van der Waals surface area contributed by atoms with Crippen molar-refractivity contribution in [3.63, 3.8) is 0 Å². The van der Waals surface area contributed by atoms with Crippen molar-refractivity contribution in [1.82, 2.24) is 0 Å². The third kappa shape index (κ3) is 2.35. The number of aliphatic hydroxyl groups is 1. The van der Waals surface area contributed by atoms with Crippen LogP contribution in [-0.4, -0.2) is 11.1 Å². The summed E-state index contributed by atoms with van der Waals surface area (Å²) in [6.45, 7) is 5.87. The molecule has 14 heavy (non-hydrogen) atoms. The zero-order chi connectivity index (χ0) is 10.9. The fraction of sp³-hybridized carbons (Fsp3) is 0.455. The Morgan fingerprint density at radius 3 is 2.29 bits per heavy atom. The maximum Gasteiger partial charge on any atom is 0.0949 e. The molecule has 2 nitrogen and oxygen atoms in total. The molecule has 0 aliphatic carbocycles. The molecule has 0 bridgehead atoms. The molecule has 3 heteroatoms. The van der Waals surface area contributed by atoms with Crippen LogP contribution in [0.3, 0.4) is 0 Å². The van der Waals surface area contributed by atoms with Gasteiger partial charge in [0.15, 0.2) is 0 Å². The summed E-state index contributed by atoms with van der Waals surface area (Å²) in [6.07, 6.45) is -0.608. The first-order chi connectivity index (χ1) is 6.43. The van der Waals surface area contributed by atoms with E-state index in [9.17, 15) is 5.11 Å². The predicted molar refractivity (Wildman–Crippen MR) is 62.2 cm³/mol. The minimum absolute atomic E-state index is 0.256. The van der Waals surface area contributed by atoms with Gasteiger partial charge in [-0.15, -0.1) is 0 Å². The van der Waals surface area contributed by atoms with Crippen molar-refractivity contribution in [2.24, 2.45) is 5.73 Å². The molecule has 0 saturated carbocycles. The second-order valence-corrected chi connectivity index (χ2v) is 4.62. The molecule has 0 heterocycles. The summed E-state index contributed by atoms with van der Waals surface area (Å²) in [4.78, 5) is 0. The van der Waals surface area contributed by atoms with E-state index < -0.39 is 6.10 Å². The van der Waals surface area contributed by atoms with Gasteiger partial charge < -0.3 is 10.8 Å². The Bertz CT molecular complexity index is 336. The summed E-state index contributed by atoms with van der Waals surface area (Å²) in [5, 5.41) is 9.84. The van der Waals surface area contributed by atoms with Crippen molar-refractivity contribution in [3.8, 4) is 0 Å². The van der Waals surface area contributed by atoms with Crippen LogP contribution < -0.4 is 5.73 Å². The monoisotopic (exact) mass is 257 g/mol. The van der Waals surface area contributed by atoms with Gasteiger partial charge in [-0.1, -0.05) is 22.0 Å². The number of rotatable bonds is 2. The van der Waals surface area contributed by atoms with E-state index in [1.165, 1.54) is 11.1 Å². The predicted octanol–water partition coefficient (Wildman–Crippen LogP) is 2.45. The summed E-state index contributed by atoms with van der Waals surface area (Å²) < 4.78 is 0.922. The van der Waals surface area contributed by atoms with Gasteiger partial charge in [-0.3, -0.25) is 0 Å². The molecule has 1 rings (SSSR count). The highest BCUT2D eigenvalue weighted by Crippen LogP contribution is 2.27. The van der Waals surface area contributed by atoms with E-state index in [0.29, 0.717) is 0 Å². The van der Waals surface area contributed by atoms with Gasteiger partial charge in [0.2, 0.25) is 0 Å². The maximum absolute atomic E-state index is 9.84. The van der Waals surface area contributed by atoms with Crippen LogP contribution in [-0.2, 0) is 0 Å². The quantitative estimate of drug-likeness (QED) is 0.855. The summed E-state index contributed by atoms with van der Waals surface area (Å²) in [6, 6.07) is 3.73. The average molecular weight is 258 g/mol. The largest absolute Gasteiger partial charge is 0.387 e. The first kappa shape index (κ1) is 11.7. The van der Waals surface area contributed by atoms with Crippen LogP contribution in [0.15, 0.2) is 16.6 Å². The van der Waals surface area contributed by atoms with E-state index in [0.717, 1.165) is 10.0 Å². The fourth-order valence-corrected chi connectivity index (χ4v) is 2.01. The number of halogens is 1. The van der Waals surface area contributed by atoms with Crippen LogP contribution in [0, 0.1) is 13.8 Å². The van der Waals surface area contributed by atoms with Gasteiger partial charge >= 0.3 is 0 Å². The van der Waals surface area contributed by atoms with E-state index in [1.807, 2.05) is 26.0 Å². The van der Waals surface area contributed by atoms with Gasteiger partial charge in [-0.05, 0) is 43.5 Å². The lowest BCUT2D eigenvalue weighted by molar-refractivity contribution is 0.152. The third-order valence-corrected chi connectivity index (χ3v) is 3.12. The number of aryl methyl sites for hydroxylation is 2. The third-order valence-electron chi connectivity index (χ3n) is 2.43. The molecule has 0 aliphatic heterocycles. The summed E-state index contributed by atoms with van der Waals surface area (Å²) in [5.74, 6) is 0. The van der Waals surface area contributed by atoms with Gasteiger partial charge in [0.05, 0.1) is 6.10 Å². The van der Waals surface area contributed by atoms with Crippen LogP contribution in [0.2, 0.25) is 0 Å². The number of nitrogens with two attached hydrogens (primary N) is 1. The Balaban J connectivity index is 3.15. The van der Waals surface area contributed by atoms with Gasteiger partial charge in [0.1, 0.15) is 0 Å². The highest BCUT2D eigenvalue weighted by molar-refractivity contribution is 9.10. The molecule has 1 aromatic rings. The van der Waals surface area contributed by atoms with Crippen LogP contribution >= 0.6 is 15.9 Å². The molecule has 0 saturated heterocycles. The molecular weight excluding hydrogens is 242 g/mol. The Hall–Kier alpha value is -0.380. The molecule has 0 amide bonds. The fourth-order valence-electron chi connectivity index (χ4n) is 1.31. The summed E-state index contributed by atoms with van der Waals surface area (Å²) >= 11 is 3.43. The molecule has 0 radical (unpaired) electrons. The zero-order valence-electron chi connectivity index (χ0n) is 8.71. The van der Waals surface area contributed by atoms with E-state index in [4.69, 9.17) is 5.73 Å². The molecule has 78 valence electrons. The lowest BCUT2D eigenvalue weighted by Gasteiger charge is -2.17. The number of hydrogen-bond acceptors (Lipinski definition) is 2. The molecule has 3 N–H and O–H groups in total. The molecular formula is C11H16BrNO. The van der Waals surface area contributed by atoms with Crippen molar-refractivity contribution in [1.29, 1.82) is 0 Å². The molecule has 2 atom stereocenters. The standard InChI is InChI=1S/C11H16BrNO/c1-6-4-9(11(14)8(3)13)10(12)5-7(6)2/h4-5,8,11,14H,13H2,1-3H3/t8-,11-/m1/s1. The highest BCUT2D eigenvalue weighted by atomic mass is 79.9. The SMILES string of the molecule is Cc1cc(Br)c([C@H](O)[C@@H](C)N)cc1C.